The molecule has 0 aliphatic heterocycles. The number of hydrogen-bond donors (Lipinski definition) is 2. The lowest BCUT2D eigenvalue weighted by Gasteiger charge is -2.27. The fourth-order valence-electron chi connectivity index (χ4n) is 2.35. The standard InChI is InChI=1S/C16H30F4O2/c1-2-3-4-5-6-7-10-15(17,18)16(19,20)11-8-9-14(12-21)13-22/h14,21-22H,2-13H2,1H3. The van der Waals surface area contributed by atoms with Gasteiger partial charge >= 0.3 is 11.8 Å². The van der Waals surface area contributed by atoms with Gasteiger partial charge in [0.25, 0.3) is 0 Å². The summed E-state index contributed by atoms with van der Waals surface area (Å²) in [7, 11) is 0. The monoisotopic (exact) mass is 330 g/mol. The molecule has 0 rings (SSSR count). The van der Waals surface area contributed by atoms with Crippen LogP contribution in [0.25, 0.3) is 0 Å². The Balaban J connectivity index is 4.07. The Bertz CT molecular complexity index is 269. The van der Waals surface area contributed by atoms with E-state index in [1.165, 1.54) is 0 Å². The van der Waals surface area contributed by atoms with Crippen LogP contribution in [0.1, 0.15) is 71.1 Å². The summed E-state index contributed by atoms with van der Waals surface area (Å²) in [6, 6.07) is 0. The Hall–Kier alpha value is -0.360. The summed E-state index contributed by atoms with van der Waals surface area (Å²) >= 11 is 0. The van der Waals surface area contributed by atoms with Crippen molar-refractivity contribution in [1.29, 1.82) is 0 Å². The SMILES string of the molecule is CCCCCCCCC(F)(F)C(F)(F)CCCC(CO)CO. The van der Waals surface area contributed by atoms with E-state index in [1.807, 2.05) is 6.92 Å². The van der Waals surface area contributed by atoms with E-state index in [0.717, 1.165) is 25.7 Å². The molecular formula is C16H30F4O2. The lowest BCUT2D eigenvalue weighted by Crippen LogP contribution is -2.40. The second kappa shape index (κ2) is 11.2. The van der Waals surface area contributed by atoms with Crippen LogP contribution in [-0.4, -0.2) is 35.3 Å². The van der Waals surface area contributed by atoms with Crippen LogP contribution in [0.5, 0.6) is 0 Å². The highest BCUT2D eigenvalue weighted by atomic mass is 19.3. The molecule has 0 radical (unpaired) electrons. The van der Waals surface area contributed by atoms with Crippen LogP contribution in [-0.2, 0) is 0 Å². The zero-order chi connectivity index (χ0) is 17.1. The minimum atomic E-state index is -4.02. The summed E-state index contributed by atoms with van der Waals surface area (Å²) in [4.78, 5) is 0. The van der Waals surface area contributed by atoms with Gasteiger partial charge in [-0.05, 0) is 19.3 Å². The molecule has 0 amide bonds. The molecule has 2 N–H and O–H groups in total. The number of alkyl halides is 4. The Morgan fingerprint density at radius 3 is 1.68 bits per heavy atom. The Morgan fingerprint density at radius 1 is 0.727 bits per heavy atom. The van der Waals surface area contributed by atoms with Crippen LogP contribution < -0.4 is 0 Å². The predicted molar refractivity (Wildman–Crippen MR) is 79.4 cm³/mol. The van der Waals surface area contributed by atoms with Crippen LogP contribution in [0, 0.1) is 5.92 Å². The first-order valence-corrected chi connectivity index (χ1v) is 8.28. The van der Waals surface area contributed by atoms with Crippen molar-refractivity contribution in [1.82, 2.24) is 0 Å². The minimum Gasteiger partial charge on any atom is -0.396 e. The normalized spacial score (nSPS) is 13.1. The lowest BCUT2D eigenvalue weighted by atomic mass is 9.96. The average Bonchev–Trinajstić information content (AvgIpc) is 2.47. The molecule has 0 heterocycles. The summed E-state index contributed by atoms with van der Waals surface area (Å²) in [5, 5.41) is 17.6. The molecule has 6 heteroatoms. The van der Waals surface area contributed by atoms with Gasteiger partial charge in [0.15, 0.2) is 0 Å². The van der Waals surface area contributed by atoms with Crippen LogP contribution in [0.4, 0.5) is 17.6 Å². The Kier molecular flexibility index (Phi) is 11.0. The third-order valence-corrected chi connectivity index (χ3v) is 4.00. The summed E-state index contributed by atoms with van der Waals surface area (Å²) in [5.41, 5.74) is 0. The van der Waals surface area contributed by atoms with Crippen molar-refractivity contribution in [2.45, 2.75) is 83.0 Å². The van der Waals surface area contributed by atoms with E-state index >= 15 is 0 Å². The molecule has 0 fully saturated rings. The van der Waals surface area contributed by atoms with Gasteiger partial charge in [-0.3, -0.25) is 0 Å². The molecule has 0 bridgehead atoms. The fraction of sp³-hybridized carbons (Fsp3) is 1.00. The molecule has 0 saturated heterocycles. The second-order valence-corrected chi connectivity index (χ2v) is 6.05. The molecule has 0 aromatic rings. The molecule has 0 spiro atoms. The zero-order valence-electron chi connectivity index (χ0n) is 13.5. The van der Waals surface area contributed by atoms with Crippen molar-refractivity contribution < 1.29 is 27.8 Å². The van der Waals surface area contributed by atoms with Gasteiger partial charge in [-0.1, -0.05) is 39.0 Å². The average molecular weight is 330 g/mol. The maximum absolute atomic E-state index is 13.6. The van der Waals surface area contributed by atoms with Crippen molar-refractivity contribution in [3.8, 4) is 0 Å². The van der Waals surface area contributed by atoms with Crippen molar-refractivity contribution >= 4 is 0 Å². The van der Waals surface area contributed by atoms with Crippen LogP contribution in [0.15, 0.2) is 0 Å². The first-order valence-electron chi connectivity index (χ1n) is 8.28. The highest BCUT2D eigenvalue weighted by Crippen LogP contribution is 2.41. The van der Waals surface area contributed by atoms with Crippen LogP contribution in [0.2, 0.25) is 0 Å². The molecule has 0 atom stereocenters. The van der Waals surface area contributed by atoms with Crippen molar-refractivity contribution in [3.05, 3.63) is 0 Å². The largest absolute Gasteiger partial charge is 0.396 e. The van der Waals surface area contributed by atoms with E-state index in [9.17, 15) is 17.6 Å². The topological polar surface area (TPSA) is 40.5 Å². The molecule has 134 valence electrons. The van der Waals surface area contributed by atoms with Crippen LogP contribution >= 0.6 is 0 Å². The number of aliphatic hydroxyl groups is 2. The van der Waals surface area contributed by atoms with Gasteiger partial charge in [-0.15, -0.1) is 0 Å². The highest BCUT2D eigenvalue weighted by Gasteiger charge is 2.54. The Labute approximate surface area is 130 Å². The number of hydrogen-bond acceptors (Lipinski definition) is 2. The summed E-state index contributed by atoms with van der Waals surface area (Å²) in [6.45, 7) is 1.40. The summed E-state index contributed by atoms with van der Waals surface area (Å²) in [5.74, 6) is -8.51. The van der Waals surface area contributed by atoms with Crippen molar-refractivity contribution in [2.75, 3.05) is 13.2 Å². The summed E-state index contributed by atoms with van der Waals surface area (Å²) < 4.78 is 54.5. The Morgan fingerprint density at radius 2 is 1.18 bits per heavy atom. The molecule has 0 aliphatic rings. The van der Waals surface area contributed by atoms with Gasteiger partial charge < -0.3 is 10.2 Å². The number of aliphatic hydroxyl groups excluding tert-OH is 2. The van der Waals surface area contributed by atoms with Gasteiger partial charge in [0.1, 0.15) is 0 Å². The molecule has 0 unspecified atom stereocenters. The number of halogens is 4. The minimum absolute atomic E-state index is 0.113. The van der Waals surface area contributed by atoms with Gasteiger partial charge in [0.2, 0.25) is 0 Å². The first kappa shape index (κ1) is 21.6. The van der Waals surface area contributed by atoms with E-state index < -0.39 is 30.6 Å². The van der Waals surface area contributed by atoms with Gasteiger partial charge in [-0.2, -0.15) is 17.6 Å². The molecule has 0 saturated carbocycles. The fourth-order valence-corrected chi connectivity index (χ4v) is 2.35. The maximum Gasteiger partial charge on any atom is 0.310 e. The van der Waals surface area contributed by atoms with Crippen molar-refractivity contribution in [3.63, 3.8) is 0 Å². The van der Waals surface area contributed by atoms with E-state index in [4.69, 9.17) is 10.2 Å². The third kappa shape index (κ3) is 8.32. The predicted octanol–water partition coefficient (Wildman–Crippen LogP) is 4.78. The van der Waals surface area contributed by atoms with E-state index in [1.54, 1.807) is 0 Å². The molecule has 2 nitrogen and oxygen atoms in total. The van der Waals surface area contributed by atoms with Gasteiger partial charge in [0, 0.05) is 32.0 Å². The summed E-state index contributed by atoms with van der Waals surface area (Å²) in [6.07, 6.45) is 2.83. The second-order valence-electron chi connectivity index (χ2n) is 6.05. The van der Waals surface area contributed by atoms with E-state index in [0.29, 0.717) is 6.42 Å². The molecular weight excluding hydrogens is 300 g/mol. The number of unbranched alkanes of at least 4 members (excludes halogenated alkanes) is 5. The molecule has 0 aromatic heterocycles. The molecule has 0 aromatic carbocycles. The smallest absolute Gasteiger partial charge is 0.310 e. The van der Waals surface area contributed by atoms with E-state index in [2.05, 4.69) is 0 Å². The van der Waals surface area contributed by atoms with Crippen molar-refractivity contribution in [2.24, 2.45) is 5.92 Å². The lowest BCUT2D eigenvalue weighted by molar-refractivity contribution is -0.216. The highest BCUT2D eigenvalue weighted by molar-refractivity contribution is 4.84. The quantitative estimate of drug-likeness (QED) is 0.355. The molecule has 0 aliphatic carbocycles. The molecule has 22 heavy (non-hydrogen) atoms. The van der Waals surface area contributed by atoms with Gasteiger partial charge in [-0.25, -0.2) is 0 Å². The van der Waals surface area contributed by atoms with Gasteiger partial charge in [0.05, 0.1) is 0 Å². The maximum atomic E-state index is 13.6. The first-order chi connectivity index (χ1) is 10.3. The third-order valence-electron chi connectivity index (χ3n) is 4.00. The zero-order valence-corrected chi connectivity index (χ0v) is 13.5. The number of rotatable bonds is 14. The van der Waals surface area contributed by atoms with Crippen LogP contribution in [0.3, 0.4) is 0 Å². The van der Waals surface area contributed by atoms with E-state index in [-0.39, 0.29) is 32.5 Å².